The number of nitrogens with one attached hydrogen (secondary N) is 1. The lowest BCUT2D eigenvalue weighted by Crippen LogP contribution is -2.36. The number of hydrogen-bond donors (Lipinski definition) is 1. The second-order valence-electron chi connectivity index (χ2n) is 35.0. The Kier molecular flexibility index (Phi) is 21.7. The summed E-state index contributed by atoms with van der Waals surface area (Å²) in [6.45, 7) is 0. The lowest BCUT2D eigenvalue weighted by Gasteiger charge is -2.45. The molecular formula is C131H93ClN4. The maximum atomic E-state index is 6.62. The van der Waals surface area contributed by atoms with E-state index < -0.39 is 10.8 Å². The van der Waals surface area contributed by atoms with E-state index in [9.17, 15) is 0 Å². The molecule has 1 N–H and O–H groups in total. The van der Waals surface area contributed by atoms with Gasteiger partial charge in [-0.05, 0) is 266 Å². The number of anilines is 11. The minimum atomic E-state index is -0.499. The molecule has 0 saturated heterocycles. The topological polar surface area (TPSA) is 21.8 Å². The first kappa shape index (κ1) is 83.2. The summed E-state index contributed by atoms with van der Waals surface area (Å²) in [5.41, 5.74) is 41.8. The van der Waals surface area contributed by atoms with E-state index in [1.165, 1.54) is 172 Å². The molecule has 136 heavy (non-hydrogen) atoms. The van der Waals surface area contributed by atoms with Crippen LogP contribution in [0.5, 0.6) is 0 Å². The van der Waals surface area contributed by atoms with Crippen LogP contribution in [0.1, 0.15) is 51.9 Å². The zero-order chi connectivity index (χ0) is 89.8. The van der Waals surface area contributed by atoms with Crippen molar-refractivity contribution in [2.24, 2.45) is 0 Å². The molecule has 26 rings (SSSR count). The quantitative estimate of drug-likeness (QED) is 0.124. The van der Waals surface area contributed by atoms with Gasteiger partial charge >= 0.3 is 0 Å². The van der Waals surface area contributed by atoms with Crippen molar-refractivity contribution in [3.05, 3.63) is 583 Å². The van der Waals surface area contributed by atoms with Crippen LogP contribution in [-0.4, -0.2) is 0 Å². The lowest BCUT2D eigenvalue weighted by molar-refractivity contribution is 0.753. The van der Waals surface area contributed by atoms with Gasteiger partial charge in [0.2, 0.25) is 0 Å². The van der Waals surface area contributed by atoms with E-state index in [0.29, 0.717) is 0 Å². The number of halogens is 1. The minimum Gasteiger partial charge on any atom is -0.356 e. The molecule has 0 bridgehead atoms. The SMILES string of the molecule is C.Clc1ccc(-c2ccc3c(c2)-c2ccccc2C32c3ccccc3N(c3ccccc3)c3ccccc32)c2ccccc12.c1ccc(-c2ccc(N(c3ccc(-c4ccccc4)cc3)c3ccc(-c4ccc5c(c4)-c4ccccc4C54c5ccccc5N(c5ccccc5)c5ccccc54)c4ccccc34)cc2)cc1.c1ccc(-c2ccc(Nc3ccc(-c4ccccc4)cc3)cc2)cc1. The summed E-state index contributed by atoms with van der Waals surface area (Å²) >= 11 is 6.62. The number of nitrogens with zero attached hydrogens (tertiary/aromatic N) is 3. The Bertz CT molecular complexity index is 7910. The zero-order valence-electron chi connectivity index (χ0n) is 74.0. The van der Waals surface area contributed by atoms with E-state index in [2.05, 4.69) is 536 Å². The monoisotopic (exact) mass is 1760 g/mol. The van der Waals surface area contributed by atoms with Crippen LogP contribution in [0.4, 0.5) is 62.6 Å². The molecule has 0 unspecified atom stereocenters. The van der Waals surface area contributed by atoms with E-state index in [1.807, 2.05) is 18.2 Å². The fraction of sp³-hybridized carbons (Fsp3) is 0.0229. The van der Waals surface area contributed by atoms with Crippen molar-refractivity contribution in [1.82, 2.24) is 0 Å². The molecule has 0 fully saturated rings. The maximum Gasteiger partial charge on any atom is 0.0754 e. The molecule has 0 radical (unpaired) electrons. The highest BCUT2D eigenvalue weighted by Gasteiger charge is 2.54. The normalized spacial score (nSPS) is 12.6. The lowest BCUT2D eigenvalue weighted by atomic mass is 9.64. The summed E-state index contributed by atoms with van der Waals surface area (Å²) in [4.78, 5) is 7.27. The predicted molar refractivity (Wildman–Crippen MR) is 574 cm³/mol. The Morgan fingerprint density at radius 2 is 0.456 bits per heavy atom. The Balaban J connectivity index is 0.000000128. The molecule has 2 heterocycles. The van der Waals surface area contributed by atoms with Crippen molar-refractivity contribution in [3.63, 3.8) is 0 Å². The Morgan fingerprint density at radius 3 is 0.824 bits per heavy atom. The average Bonchev–Trinajstić information content (AvgIpc) is 1.49. The smallest absolute Gasteiger partial charge is 0.0754 e. The van der Waals surface area contributed by atoms with Crippen molar-refractivity contribution in [2.75, 3.05) is 20.0 Å². The molecule has 0 aromatic heterocycles. The van der Waals surface area contributed by atoms with Crippen LogP contribution < -0.4 is 20.0 Å². The fourth-order valence-corrected chi connectivity index (χ4v) is 22.0. The van der Waals surface area contributed by atoms with E-state index in [0.717, 1.165) is 50.2 Å². The van der Waals surface area contributed by atoms with Crippen LogP contribution in [0.25, 0.3) is 111 Å². The highest BCUT2D eigenvalue weighted by molar-refractivity contribution is 6.36. The Hall–Kier alpha value is -17.2. The molecule has 22 aromatic rings. The van der Waals surface area contributed by atoms with Crippen LogP contribution in [0.2, 0.25) is 5.02 Å². The third-order valence-corrected chi connectivity index (χ3v) is 28.0. The second kappa shape index (κ2) is 35.5. The third-order valence-electron chi connectivity index (χ3n) is 27.7. The molecule has 2 spiro atoms. The first-order chi connectivity index (χ1) is 66.9. The van der Waals surface area contributed by atoms with Gasteiger partial charge in [0.1, 0.15) is 0 Å². The van der Waals surface area contributed by atoms with Gasteiger partial charge in [-0.25, -0.2) is 0 Å². The Labute approximate surface area is 800 Å². The standard InChI is InChI=1S/C65H44N2.C41H26ClN.C24H19N.CH4/c1-4-18-45(19-5-1)47-32-37-51(38-33-47)66(52-39-34-48(35-40-52)46-20-6-2-7-21-46)62-43-41-53(54-24-10-11-26-56(54)62)49-36-42-59-57(44-49)55-25-12-13-27-58(55)65(59)60-28-14-16-30-63(60)67(50-22-8-3-9-23-50)64-31-17-15-29-61(64)65;42-38-25-23-29(30-14-4-5-16-32(30)38)27-22-24-35-33(26-27)31-15-6-7-17-34(31)41(35)36-18-8-10-20-39(36)43(28-12-2-1-3-13-28)40-21-11-9-19-37(40)41;1-3-7-19(8-4-1)21-11-15-23(16-12-21)25-24-17-13-22(14-18-24)20-9-5-2-6-10-20;/h1-44H;1-26H;1-18,25H;1H4. The predicted octanol–water partition coefficient (Wildman–Crippen LogP) is 36.2. The van der Waals surface area contributed by atoms with Crippen LogP contribution in [0, 0.1) is 0 Å². The molecule has 2 aliphatic carbocycles. The van der Waals surface area contributed by atoms with Crippen molar-refractivity contribution in [3.8, 4) is 89.0 Å². The minimum absolute atomic E-state index is 0. The highest BCUT2D eigenvalue weighted by atomic mass is 35.5. The van der Waals surface area contributed by atoms with Gasteiger partial charge in [0, 0.05) is 49.9 Å². The van der Waals surface area contributed by atoms with Gasteiger partial charge in [-0.1, -0.05) is 432 Å². The van der Waals surface area contributed by atoms with Crippen molar-refractivity contribution in [2.45, 2.75) is 18.3 Å². The molecule has 0 atom stereocenters. The number of fused-ring (bicyclic) bond motifs is 20. The van der Waals surface area contributed by atoms with E-state index in [-0.39, 0.29) is 7.43 Å². The van der Waals surface area contributed by atoms with Gasteiger partial charge in [0.15, 0.2) is 0 Å². The third kappa shape index (κ3) is 14.3. The summed E-state index contributed by atoms with van der Waals surface area (Å²) in [6.07, 6.45) is 0. The molecule has 2 aliphatic heterocycles. The molecule has 644 valence electrons. The van der Waals surface area contributed by atoms with Gasteiger partial charge in [-0.2, -0.15) is 0 Å². The van der Waals surface area contributed by atoms with Gasteiger partial charge in [-0.15, -0.1) is 0 Å². The molecule has 22 aromatic carbocycles. The molecule has 4 nitrogen and oxygen atoms in total. The van der Waals surface area contributed by atoms with Crippen LogP contribution >= 0.6 is 11.6 Å². The van der Waals surface area contributed by atoms with Crippen molar-refractivity contribution in [1.29, 1.82) is 0 Å². The summed E-state index contributed by atoms with van der Waals surface area (Å²) in [6, 6.07) is 193. The van der Waals surface area contributed by atoms with E-state index in [1.54, 1.807) is 0 Å². The van der Waals surface area contributed by atoms with Crippen molar-refractivity contribution < 1.29 is 0 Å². The molecule has 0 amide bonds. The molecule has 5 heteroatoms. The van der Waals surface area contributed by atoms with Crippen molar-refractivity contribution >= 4 is 95.7 Å². The average molecular weight is 1760 g/mol. The second-order valence-corrected chi connectivity index (χ2v) is 35.4. The number of benzene rings is 22. The van der Waals surface area contributed by atoms with Gasteiger partial charge in [0.25, 0.3) is 0 Å². The summed E-state index contributed by atoms with van der Waals surface area (Å²) < 4.78 is 0. The summed E-state index contributed by atoms with van der Waals surface area (Å²) in [5.74, 6) is 0. The van der Waals surface area contributed by atoms with Gasteiger partial charge < -0.3 is 20.0 Å². The fourth-order valence-electron chi connectivity index (χ4n) is 21.7. The highest BCUT2D eigenvalue weighted by Crippen LogP contribution is 2.66. The maximum absolute atomic E-state index is 6.62. The first-order valence-corrected chi connectivity index (χ1v) is 46.7. The molecule has 4 aliphatic rings. The largest absolute Gasteiger partial charge is 0.356 e. The van der Waals surface area contributed by atoms with E-state index in [4.69, 9.17) is 11.6 Å². The zero-order valence-corrected chi connectivity index (χ0v) is 74.8. The van der Waals surface area contributed by atoms with Crippen LogP contribution in [-0.2, 0) is 10.8 Å². The molecule has 0 saturated carbocycles. The van der Waals surface area contributed by atoms with E-state index >= 15 is 0 Å². The number of rotatable bonds is 13. The van der Waals surface area contributed by atoms with Crippen LogP contribution in [0.3, 0.4) is 0 Å². The Morgan fingerprint density at radius 1 is 0.191 bits per heavy atom. The number of hydrogen-bond acceptors (Lipinski definition) is 4. The first-order valence-electron chi connectivity index (χ1n) is 46.4. The van der Waals surface area contributed by atoms with Crippen LogP contribution in [0.15, 0.2) is 534 Å². The summed E-state index contributed by atoms with van der Waals surface area (Å²) in [7, 11) is 0. The van der Waals surface area contributed by atoms with Gasteiger partial charge in [0.05, 0.1) is 39.3 Å². The van der Waals surface area contributed by atoms with Gasteiger partial charge in [-0.3, -0.25) is 0 Å². The number of para-hydroxylation sites is 6. The summed E-state index contributed by atoms with van der Waals surface area (Å²) in [5, 5.41) is 8.89. The molecular weight excluding hydrogens is 1660 g/mol.